The Hall–Kier alpha value is -2.43. The van der Waals surface area contributed by atoms with Crippen LogP contribution in [0.4, 0.5) is 11.6 Å². The van der Waals surface area contributed by atoms with E-state index in [1.807, 2.05) is 6.07 Å². The molecule has 9 nitrogen and oxygen atoms in total. The molecule has 3 aliphatic heterocycles. The molecule has 1 amide bonds. The first-order chi connectivity index (χ1) is 14.3. The molecule has 0 saturated carbocycles. The summed E-state index contributed by atoms with van der Waals surface area (Å²) in [6, 6.07) is 10.6. The van der Waals surface area contributed by atoms with E-state index in [0.717, 1.165) is 43.5 Å². The third-order valence-corrected chi connectivity index (χ3v) is 6.43. The largest absolute Gasteiger partial charge is 1.00 e. The number of carbonyl (C=O) groups excluding carboxylic acids is 1. The van der Waals surface area contributed by atoms with Crippen LogP contribution in [0.3, 0.4) is 0 Å². The Morgan fingerprint density at radius 1 is 1.16 bits per heavy atom. The molecule has 1 aromatic heterocycles. The average molecular weight is 510 g/mol. The van der Waals surface area contributed by atoms with Gasteiger partial charge in [0.15, 0.2) is 28.4 Å². The highest BCUT2D eigenvalue weighted by molar-refractivity contribution is 6.31. The van der Waals surface area contributed by atoms with E-state index in [-0.39, 0.29) is 51.5 Å². The summed E-state index contributed by atoms with van der Waals surface area (Å²) in [5, 5.41) is 13.8. The maximum absolute atomic E-state index is 12.5. The number of anilines is 2. The highest BCUT2D eigenvalue weighted by atomic mass is 79.9. The van der Waals surface area contributed by atoms with Crippen molar-refractivity contribution in [1.29, 1.82) is 5.41 Å². The lowest BCUT2D eigenvalue weighted by molar-refractivity contribution is -0.956. The van der Waals surface area contributed by atoms with E-state index in [9.17, 15) is 4.79 Å². The van der Waals surface area contributed by atoms with Crippen LogP contribution < -0.4 is 39.1 Å². The third-order valence-electron chi connectivity index (χ3n) is 6.15. The molecular formula is C20H26BrClN8O. The van der Waals surface area contributed by atoms with Gasteiger partial charge in [-0.05, 0) is 5.92 Å². The fourth-order valence-electron chi connectivity index (χ4n) is 4.65. The summed E-state index contributed by atoms with van der Waals surface area (Å²) < 4.78 is 1.01. The summed E-state index contributed by atoms with van der Waals surface area (Å²) in [5.41, 5.74) is 12.4. The van der Waals surface area contributed by atoms with Crippen LogP contribution in [0.15, 0.2) is 30.3 Å². The van der Waals surface area contributed by atoms with E-state index >= 15 is 0 Å². The monoisotopic (exact) mass is 508 g/mol. The van der Waals surface area contributed by atoms with Gasteiger partial charge in [0.05, 0.1) is 25.7 Å². The maximum atomic E-state index is 12.5. The molecule has 5 rings (SSSR count). The summed E-state index contributed by atoms with van der Waals surface area (Å²) >= 11 is 5.84. The summed E-state index contributed by atoms with van der Waals surface area (Å²) in [5.74, 6) is -0.399. The van der Waals surface area contributed by atoms with Crippen molar-refractivity contribution in [2.24, 2.45) is 5.92 Å². The molecule has 2 bridgehead atoms. The molecule has 3 saturated heterocycles. The van der Waals surface area contributed by atoms with Gasteiger partial charge < -0.3 is 38.2 Å². The van der Waals surface area contributed by atoms with Gasteiger partial charge in [0.1, 0.15) is 6.54 Å². The van der Waals surface area contributed by atoms with Crippen LogP contribution in [-0.4, -0.2) is 52.0 Å². The number of aromatic nitrogens is 2. The Morgan fingerprint density at radius 3 is 2.52 bits per heavy atom. The number of nitrogen functional groups attached to an aromatic ring is 2. The number of quaternary nitrogens is 1. The Morgan fingerprint density at radius 2 is 1.84 bits per heavy atom. The summed E-state index contributed by atoms with van der Waals surface area (Å²) in [4.78, 5) is 20.2. The molecule has 4 heterocycles. The van der Waals surface area contributed by atoms with E-state index in [4.69, 9.17) is 28.5 Å². The van der Waals surface area contributed by atoms with Gasteiger partial charge in [-0.1, -0.05) is 41.9 Å². The number of halogens is 2. The zero-order chi connectivity index (χ0) is 21.3. The van der Waals surface area contributed by atoms with Crippen LogP contribution in [0.5, 0.6) is 0 Å². The number of amides is 1. The lowest BCUT2D eigenvalue weighted by atomic mass is 9.81. The quantitative estimate of drug-likeness (QED) is 0.190. The fraction of sp³-hybridized carbons (Fsp3) is 0.400. The topological polar surface area (TPSA) is 143 Å². The minimum atomic E-state index is -0.645. The van der Waals surface area contributed by atoms with Crippen molar-refractivity contribution in [1.82, 2.24) is 20.6 Å². The van der Waals surface area contributed by atoms with Crippen LogP contribution in [-0.2, 0) is 6.54 Å². The molecule has 3 fully saturated rings. The fourth-order valence-corrected chi connectivity index (χ4v) is 4.77. The number of hydrogen-bond donors (Lipinski definition) is 5. The number of fused-ring (bicyclic) bond motifs is 3. The molecule has 0 spiro atoms. The number of hydrogen-bond acceptors (Lipinski definition) is 6. The second kappa shape index (κ2) is 9.37. The Labute approximate surface area is 196 Å². The van der Waals surface area contributed by atoms with Crippen molar-refractivity contribution in [3.05, 3.63) is 46.7 Å². The van der Waals surface area contributed by atoms with Crippen molar-refractivity contribution in [2.75, 3.05) is 31.1 Å². The number of guanidine groups is 1. The summed E-state index contributed by atoms with van der Waals surface area (Å²) in [6.07, 6.45) is 2.22. The van der Waals surface area contributed by atoms with Crippen LogP contribution >= 0.6 is 11.6 Å². The molecule has 7 N–H and O–H groups in total. The number of rotatable bonds is 4. The van der Waals surface area contributed by atoms with Crippen LogP contribution in [0, 0.1) is 11.3 Å². The van der Waals surface area contributed by atoms with Crippen molar-refractivity contribution in [3.8, 4) is 0 Å². The molecule has 2 aromatic rings. The van der Waals surface area contributed by atoms with Gasteiger partial charge in [-0.2, -0.15) is 0 Å². The number of nitrogens with two attached hydrogens (primary N) is 2. The van der Waals surface area contributed by atoms with Gasteiger partial charge in [0, 0.05) is 18.4 Å². The minimum absolute atomic E-state index is 0. The van der Waals surface area contributed by atoms with Crippen molar-refractivity contribution < 1.29 is 26.3 Å². The maximum Gasteiger partial charge on any atom is 0.280 e. The van der Waals surface area contributed by atoms with Crippen LogP contribution in [0.1, 0.15) is 28.9 Å². The van der Waals surface area contributed by atoms with Gasteiger partial charge in [0.2, 0.25) is 0 Å². The highest BCUT2D eigenvalue weighted by Crippen LogP contribution is 2.35. The molecule has 3 aliphatic rings. The molecule has 31 heavy (non-hydrogen) atoms. The molecule has 0 aliphatic carbocycles. The number of carbonyl (C=O) groups is 1. The Kier molecular flexibility index (Phi) is 7.03. The number of piperidine rings is 3. The van der Waals surface area contributed by atoms with Crippen molar-refractivity contribution >= 4 is 35.1 Å². The van der Waals surface area contributed by atoms with Gasteiger partial charge >= 0.3 is 0 Å². The molecule has 0 radical (unpaired) electrons. The Balaban J connectivity index is 0.00000272. The molecule has 166 valence electrons. The predicted octanol–water partition coefficient (Wildman–Crippen LogP) is -1.64. The van der Waals surface area contributed by atoms with E-state index < -0.39 is 5.91 Å². The first-order valence-corrected chi connectivity index (χ1v) is 10.4. The average Bonchev–Trinajstić information content (AvgIpc) is 2.71. The van der Waals surface area contributed by atoms with Gasteiger partial charge in [-0.3, -0.25) is 15.5 Å². The Bertz CT molecular complexity index is 965. The number of nitrogens with one attached hydrogen (secondary N) is 3. The first-order valence-electron chi connectivity index (χ1n) is 9.99. The summed E-state index contributed by atoms with van der Waals surface area (Å²) in [7, 11) is 0. The zero-order valence-corrected chi connectivity index (χ0v) is 19.3. The first kappa shape index (κ1) is 23.2. The normalized spacial score (nSPS) is 24.2. The molecule has 1 atom stereocenters. The highest BCUT2D eigenvalue weighted by Gasteiger charge is 2.46. The van der Waals surface area contributed by atoms with E-state index in [0.29, 0.717) is 5.92 Å². The standard InChI is InChI=1S/C20H25ClN8O.BrH/c21-16-18(23)27-17(22)15(26-16)19(30)28-20(24)25-14-11-29(8-6-13(14)7-9-29)10-12-4-2-1-3-5-12;/h1-5,13-14H,6-11H2,(H6-,22,23,24,25,27,28,30);1H/t13?,14-,29?;/m0./s1. The lowest BCUT2D eigenvalue weighted by Gasteiger charge is -2.53. The zero-order valence-electron chi connectivity index (χ0n) is 16.9. The van der Waals surface area contributed by atoms with Crippen LogP contribution in [0.25, 0.3) is 0 Å². The lowest BCUT2D eigenvalue weighted by Crippen LogP contribution is -3.00. The minimum Gasteiger partial charge on any atom is -1.00 e. The second-order valence-electron chi connectivity index (χ2n) is 8.17. The van der Waals surface area contributed by atoms with Crippen molar-refractivity contribution in [2.45, 2.75) is 25.4 Å². The second-order valence-corrected chi connectivity index (χ2v) is 8.52. The summed E-state index contributed by atoms with van der Waals surface area (Å²) in [6.45, 7) is 4.20. The van der Waals surface area contributed by atoms with Gasteiger partial charge in [0.25, 0.3) is 5.91 Å². The number of benzene rings is 1. The molecule has 1 aromatic carbocycles. The van der Waals surface area contributed by atoms with Gasteiger partial charge in [-0.15, -0.1) is 0 Å². The SMILES string of the molecule is N=C(NC(=O)c1nc(Cl)c(N)nc1N)N[C@H]1C[N+]2(Cc3ccccc3)CCC1CC2.[Br-]. The van der Waals surface area contributed by atoms with Gasteiger partial charge in [-0.25, -0.2) is 9.97 Å². The molecule has 11 heteroatoms. The van der Waals surface area contributed by atoms with Crippen molar-refractivity contribution in [3.63, 3.8) is 0 Å². The molecule has 0 unspecified atom stereocenters. The third kappa shape index (κ3) is 5.08. The van der Waals surface area contributed by atoms with E-state index in [1.54, 1.807) is 0 Å². The van der Waals surface area contributed by atoms with Crippen LogP contribution in [0.2, 0.25) is 5.15 Å². The predicted molar refractivity (Wildman–Crippen MR) is 116 cm³/mol. The smallest absolute Gasteiger partial charge is 0.280 e. The van der Waals surface area contributed by atoms with E-state index in [1.165, 1.54) is 5.56 Å². The molecular weight excluding hydrogens is 484 g/mol. The van der Waals surface area contributed by atoms with E-state index in [2.05, 4.69) is 44.9 Å². The number of nitrogens with zero attached hydrogens (tertiary/aromatic N) is 3.